The molecule has 0 bridgehead atoms. The molecule has 49 heavy (non-hydrogen) atoms. The minimum atomic E-state index is 0.901. The van der Waals surface area contributed by atoms with Crippen molar-refractivity contribution in [3.63, 3.8) is 0 Å². The Hall–Kier alpha value is -6.44. The molecule has 0 radical (unpaired) electrons. The molecular weight excluding hydrogens is 593 g/mol. The summed E-state index contributed by atoms with van der Waals surface area (Å²) in [5.74, 6) is 0. The topological polar surface area (TPSA) is 13.1 Å². The molecule has 0 aliphatic heterocycles. The lowest BCUT2D eigenvalue weighted by Gasteiger charge is -2.19. The summed E-state index contributed by atoms with van der Waals surface area (Å²) in [7, 11) is 0. The fourth-order valence-electron chi connectivity index (χ4n) is 7.90. The molecule has 10 rings (SSSR count). The third-order valence-electron chi connectivity index (χ3n) is 10.0. The first-order valence-electron chi connectivity index (χ1n) is 16.8. The molecule has 0 N–H and O–H groups in total. The second-order valence-corrected chi connectivity index (χ2v) is 12.8. The Bertz CT molecular complexity index is 2820. The molecule has 9 aromatic carbocycles. The van der Waals surface area contributed by atoms with Crippen LogP contribution >= 0.6 is 0 Å². The summed E-state index contributed by atoms with van der Waals surface area (Å²) in [6.45, 7) is 0. The Morgan fingerprint density at radius 2 is 0.837 bits per heavy atom. The first-order chi connectivity index (χ1) is 24.3. The third kappa shape index (κ3) is 4.40. The van der Waals surface area contributed by atoms with Crippen molar-refractivity contribution < 1.29 is 4.42 Å². The zero-order valence-electron chi connectivity index (χ0n) is 26.7. The monoisotopic (exact) mass is 622 g/mol. The van der Waals surface area contributed by atoms with E-state index in [4.69, 9.17) is 4.42 Å². The number of fused-ring (bicyclic) bond motifs is 6. The summed E-state index contributed by atoms with van der Waals surface area (Å²) in [4.78, 5) is 0. The van der Waals surface area contributed by atoms with Gasteiger partial charge in [-0.05, 0) is 95.5 Å². The van der Waals surface area contributed by atoms with Crippen LogP contribution in [-0.2, 0) is 0 Å². The summed E-state index contributed by atoms with van der Waals surface area (Å²) in [6, 6.07) is 65.8. The van der Waals surface area contributed by atoms with Gasteiger partial charge in [-0.25, -0.2) is 0 Å². The van der Waals surface area contributed by atoms with E-state index in [9.17, 15) is 0 Å². The van der Waals surface area contributed by atoms with E-state index < -0.39 is 0 Å². The SMILES string of the molecule is c1ccc(-c2c3ccccc3c(-c3cccc(-c4ccc5oc6ccccc6c5c4-c4ccc5ccccc5c4)c3)c3ccccc23)cc1. The van der Waals surface area contributed by atoms with Crippen molar-refractivity contribution in [2.45, 2.75) is 0 Å². The maximum Gasteiger partial charge on any atom is 0.136 e. The third-order valence-corrected chi connectivity index (χ3v) is 10.0. The standard InChI is InChI=1S/C48H30O/c1-2-14-32(15-3-1)45-38-19-6-8-21-40(38)46(41-22-9-7-20-39(41)45)35-18-12-17-34(30-35)37-27-28-44-48(42-23-10-11-24-43(42)49-44)47(37)36-26-25-31-13-4-5-16-33(31)29-36/h1-30H. The second kappa shape index (κ2) is 11.1. The molecule has 0 spiro atoms. The number of furan rings is 1. The Morgan fingerprint density at radius 1 is 0.286 bits per heavy atom. The van der Waals surface area contributed by atoms with Gasteiger partial charge in [0.05, 0.1) is 0 Å². The average molecular weight is 623 g/mol. The van der Waals surface area contributed by atoms with Gasteiger partial charge in [-0.2, -0.15) is 0 Å². The van der Waals surface area contributed by atoms with Crippen LogP contribution in [0, 0.1) is 0 Å². The lowest BCUT2D eigenvalue weighted by Crippen LogP contribution is -1.92. The van der Waals surface area contributed by atoms with Crippen molar-refractivity contribution >= 4 is 54.3 Å². The minimum absolute atomic E-state index is 0.901. The summed E-state index contributed by atoms with van der Waals surface area (Å²) in [5.41, 5.74) is 11.5. The van der Waals surface area contributed by atoms with Gasteiger partial charge >= 0.3 is 0 Å². The van der Waals surface area contributed by atoms with Crippen LogP contribution in [-0.4, -0.2) is 0 Å². The second-order valence-electron chi connectivity index (χ2n) is 12.8. The van der Waals surface area contributed by atoms with Crippen LogP contribution in [0.1, 0.15) is 0 Å². The predicted molar refractivity (Wildman–Crippen MR) is 208 cm³/mol. The minimum Gasteiger partial charge on any atom is -0.456 e. The fraction of sp³-hybridized carbons (Fsp3) is 0. The van der Waals surface area contributed by atoms with Crippen molar-refractivity contribution in [3.8, 4) is 44.5 Å². The molecule has 0 unspecified atom stereocenters. The quantitative estimate of drug-likeness (QED) is 0.178. The molecule has 0 atom stereocenters. The van der Waals surface area contributed by atoms with Crippen molar-refractivity contribution in [3.05, 3.63) is 182 Å². The lowest BCUT2D eigenvalue weighted by atomic mass is 9.84. The highest BCUT2D eigenvalue weighted by molar-refractivity contribution is 6.22. The average Bonchev–Trinajstić information content (AvgIpc) is 3.55. The number of rotatable bonds is 4. The Kier molecular flexibility index (Phi) is 6.25. The van der Waals surface area contributed by atoms with E-state index in [1.165, 1.54) is 76.8 Å². The van der Waals surface area contributed by atoms with Gasteiger partial charge in [-0.1, -0.05) is 158 Å². The van der Waals surface area contributed by atoms with Crippen LogP contribution in [0.15, 0.2) is 186 Å². The Labute approximate surface area is 284 Å². The van der Waals surface area contributed by atoms with E-state index in [-0.39, 0.29) is 0 Å². The summed E-state index contributed by atoms with van der Waals surface area (Å²) in [6.07, 6.45) is 0. The molecule has 1 heterocycles. The molecule has 0 saturated carbocycles. The van der Waals surface area contributed by atoms with Crippen molar-refractivity contribution in [1.29, 1.82) is 0 Å². The molecule has 228 valence electrons. The number of hydrogen-bond donors (Lipinski definition) is 0. The molecule has 0 fully saturated rings. The van der Waals surface area contributed by atoms with Gasteiger partial charge in [0.25, 0.3) is 0 Å². The highest BCUT2D eigenvalue weighted by Gasteiger charge is 2.20. The maximum atomic E-state index is 6.43. The van der Waals surface area contributed by atoms with Gasteiger partial charge in [-0.15, -0.1) is 0 Å². The van der Waals surface area contributed by atoms with Gasteiger partial charge in [0.1, 0.15) is 11.2 Å². The zero-order chi connectivity index (χ0) is 32.3. The van der Waals surface area contributed by atoms with E-state index in [0.29, 0.717) is 0 Å². The first kappa shape index (κ1) is 27.7. The summed E-state index contributed by atoms with van der Waals surface area (Å²) >= 11 is 0. The molecule has 0 saturated heterocycles. The van der Waals surface area contributed by atoms with Gasteiger partial charge in [0, 0.05) is 16.3 Å². The Balaban J connectivity index is 1.26. The highest BCUT2D eigenvalue weighted by atomic mass is 16.3. The summed E-state index contributed by atoms with van der Waals surface area (Å²) in [5, 5.41) is 9.76. The largest absolute Gasteiger partial charge is 0.456 e. The predicted octanol–water partition coefficient (Wildman–Crippen LogP) is 13.7. The molecule has 0 aliphatic rings. The summed E-state index contributed by atoms with van der Waals surface area (Å²) < 4.78 is 6.43. The van der Waals surface area contributed by atoms with E-state index in [1.807, 2.05) is 6.07 Å². The van der Waals surface area contributed by atoms with Crippen LogP contribution in [0.5, 0.6) is 0 Å². The van der Waals surface area contributed by atoms with E-state index in [0.717, 1.165) is 21.9 Å². The smallest absolute Gasteiger partial charge is 0.136 e. The van der Waals surface area contributed by atoms with Crippen LogP contribution in [0.4, 0.5) is 0 Å². The highest BCUT2D eigenvalue weighted by Crippen LogP contribution is 2.47. The van der Waals surface area contributed by atoms with Gasteiger partial charge in [0.2, 0.25) is 0 Å². The van der Waals surface area contributed by atoms with E-state index in [2.05, 4.69) is 176 Å². The van der Waals surface area contributed by atoms with Crippen molar-refractivity contribution in [1.82, 2.24) is 0 Å². The van der Waals surface area contributed by atoms with E-state index >= 15 is 0 Å². The van der Waals surface area contributed by atoms with Crippen molar-refractivity contribution in [2.75, 3.05) is 0 Å². The molecule has 1 nitrogen and oxygen atoms in total. The van der Waals surface area contributed by atoms with Gasteiger partial charge < -0.3 is 4.42 Å². The van der Waals surface area contributed by atoms with Crippen LogP contribution in [0.2, 0.25) is 0 Å². The molecular formula is C48H30O. The van der Waals surface area contributed by atoms with E-state index in [1.54, 1.807) is 0 Å². The number of benzene rings is 9. The molecule has 1 aromatic heterocycles. The first-order valence-corrected chi connectivity index (χ1v) is 16.8. The van der Waals surface area contributed by atoms with Crippen molar-refractivity contribution in [2.24, 2.45) is 0 Å². The van der Waals surface area contributed by atoms with Crippen LogP contribution in [0.3, 0.4) is 0 Å². The molecule has 1 heteroatoms. The molecule has 0 amide bonds. The van der Waals surface area contributed by atoms with Crippen LogP contribution in [0.25, 0.3) is 98.8 Å². The van der Waals surface area contributed by atoms with Gasteiger partial charge in [-0.3, -0.25) is 0 Å². The normalized spacial score (nSPS) is 11.7. The maximum absolute atomic E-state index is 6.43. The number of hydrogen-bond acceptors (Lipinski definition) is 1. The lowest BCUT2D eigenvalue weighted by molar-refractivity contribution is 0.669. The van der Waals surface area contributed by atoms with Crippen LogP contribution < -0.4 is 0 Å². The fourth-order valence-corrected chi connectivity index (χ4v) is 7.90. The number of para-hydroxylation sites is 1. The zero-order valence-corrected chi connectivity index (χ0v) is 26.7. The molecule has 10 aromatic rings. The van der Waals surface area contributed by atoms with Gasteiger partial charge in [0.15, 0.2) is 0 Å². The molecule has 0 aliphatic carbocycles. The Morgan fingerprint density at radius 3 is 1.57 bits per heavy atom.